The average Bonchev–Trinajstić information content (AvgIpc) is 3.22. The first-order valence-electron chi connectivity index (χ1n) is 9.28. The highest BCUT2D eigenvalue weighted by molar-refractivity contribution is 8.02. The van der Waals surface area contributed by atoms with Crippen LogP contribution in [-0.2, 0) is 19.2 Å². The number of carbonyl (C=O) groups is 3. The maximum Gasteiger partial charge on any atom is 0.352 e. The van der Waals surface area contributed by atoms with Crippen LogP contribution in [0.4, 0.5) is 5.13 Å². The van der Waals surface area contributed by atoms with E-state index in [0.717, 1.165) is 11.3 Å². The van der Waals surface area contributed by atoms with E-state index >= 15 is 0 Å². The Kier molecular flexibility index (Phi) is 8.15. The SMILES string of the molecule is C=CCON=C(C(=O)NC1C(=O)N2C(C(=O)O)=C(CS/C=C/C#N)CS[C@@H]12)c1csc(N)n1. The Morgan fingerprint density at radius 1 is 1.58 bits per heavy atom. The number of nitrogens with zero attached hydrogens (tertiary/aromatic N) is 4. The molecule has 4 N–H and O–H groups in total. The number of rotatable bonds is 10. The van der Waals surface area contributed by atoms with Crippen molar-refractivity contribution in [3.63, 3.8) is 0 Å². The van der Waals surface area contributed by atoms with Crippen molar-refractivity contribution in [2.24, 2.45) is 5.16 Å². The summed E-state index contributed by atoms with van der Waals surface area (Å²) in [5, 5.41) is 27.4. The lowest BCUT2D eigenvalue weighted by molar-refractivity contribution is -0.150. The van der Waals surface area contributed by atoms with E-state index in [1.807, 2.05) is 6.07 Å². The van der Waals surface area contributed by atoms with Gasteiger partial charge in [0.25, 0.3) is 11.8 Å². The maximum atomic E-state index is 12.9. The molecule has 0 spiro atoms. The first-order valence-corrected chi connectivity index (χ1v) is 12.3. The van der Waals surface area contributed by atoms with Crippen molar-refractivity contribution in [3.05, 3.63) is 46.5 Å². The zero-order valence-electron chi connectivity index (χ0n) is 17.0. The van der Waals surface area contributed by atoms with Gasteiger partial charge in [0.05, 0.1) is 6.07 Å². The first-order chi connectivity index (χ1) is 15.9. The number of nitrogen functional groups attached to an aromatic ring is 1. The van der Waals surface area contributed by atoms with Crippen molar-refractivity contribution >= 4 is 63.5 Å². The fourth-order valence-corrected chi connectivity index (χ4v) is 5.70. The lowest BCUT2D eigenvalue weighted by Gasteiger charge is -2.49. The van der Waals surface area contributed by atoms with Gasteiger partial charge in [0.2, 0.25) is 0 Å². The second-order valence-electron chi connectivity index (χ2n) is 6.46. The normalized spacial score (nSPS) is 20.2. The summed E-state index contributed by atoms with van der Waals surface area (Å²) in [6.07, 6.45) is 2.74. The first kappa shape index (κ1) is 24.4. The number of fused-ring (bicyclic) bond motifs is 1. The van der Waals surface area contributed by atoms with E-state index in [2.05, 4.69) is 22.0 Å². The van der Waals surface area contributed by atoms with E-state index in [1.54, 1.807) is 5.41 Å². The molecule has 1 saturated heterocycles. The molecule has 0 aliphatic carbocycles. The quantitative estimate of drug-likeness (QED) is 0.104. The number of carbonyl (C=O) groups excluding carboxylic acids is 2. The van der Waals surface area contributed by atoms with Crippen LogP contribution in [-0.4, -0.2) is 68.0 Å². The van der Waals surface area contributed by atoms with Crippen LogP contribution in [0.15, 0.2) is 45.9 Å². The van der Waals surface area contributed by atoms with E-state index in [9.17, 15) is 19.5 Å². The molecule has 2 atom stereocenters. The Labute approximate surface area is 201 Å². The number of thioether (sulfide) groups is 2. The predicted molar refractivity (Wildman–Crippen MR) is 126 cm³/mol. The molecule has 0 aromatic carbocycles. The number of anilines is 1. The molecule has 1 aromatic rings. The fraction of sp³-hybridized carbons (Fsp3) is 0.263. The van der Waals surface area contributed by atoms with Crippen molar-refractivity contribution in [1.82, 2.24) is 15.2 Å². The van der Waals surface area contributed by atoms with Gasteiger partial charge in [0.15, 0.2) is 10.8 Å². The number of aromatic nitrogens is 1. The number of allylic oxidation sites excluding steroid dienone is 1. The molecule has 33 heavy (non-hydrogen) atoms. The molecule has 0 bridgehead atoms. The number of hydrogen-bond acceptors (Lipinski definition) is 11. The van der Waals surface area contributed by atoms with Crippen LogP contribution in [0.5, 0.6) is 0 Å². The van der Waals surface area contributed by atoms with Crippen LogP contribution >= 0.6 is 34.9 Å². The third-order valence-electron chi connectivity index (χ3n) is 4.36. The van der Waals surface area contributed by atoms with Crippen LogP contribution in [0.1, 0.15) is 5.69 Å². The molecular weight excluding hydrogens is 488 g/mol. The predicted octanol–water partition coefficient (Wildman–Crippen LogP) is 1.14. The van der Waals surface area contributed by atoms with Crippen LogP contribution in [0.3, 0.4) is 0 Å². The van der Waals surface area contributed by atoms with E-state index in [0.29, 0.717) is 17.1 Å². The molecule has 2 aliphatic rings. The van der Waals surface area contributed by atoms with Gasteiger partial charge in [-0.15, -0.1) is 34.9 Å². The van der Waals surface area contributed by atoms with Crippen LogP contribution < -0.4 is 11.1 Å². The number of nitriles is 1. The van der Waals surface area contributed by atoms with Gasteiger partial charge in [-0.25, -0.2) is 9.78 Å². The largest absolute Gasteiger partial charge is 0.477 e. The fourth-order valence-electron chi connectivity index (χ4n) is 2.99. The standard InChI is InChI=1S/C19H18N6O5S3/c1-2-5-30-24-12(11-9-33-19(21)22-11)15(26)23-13-16(27)25-14(18(28)29)10(8-32-17(13)25)7-31-6-3-4-20/h2-3,6,9,13,17H,1,5,7-8H2,(H2,21,22)(H,23,26)(H,28,29)/b6-3+,24-12?/t13?,17-/m0/s1. The highest BCUT2D eigenvalue weighted by Gasteiger charge is 2.54. The summed E-state index contributed by atoms with van der Waals surface area (Å²) in [5.41, 5.74) is 6.14. The third-order valence-corrected chi connectivity index (χ3v) is 7.22. The number of nitrogens with two attached hydrogens (primary N) is 1. The molecule has 172 valence electrons. The molecule has 11 nitrogen and oxygen atoms in total. The van der Waals surface area contributed by atoms with Gasteiger partial charge in [0.1, 0.15) is 29.4 Å². The molecule has 3 rings (SSSR count). The van der Waals surface area contributed by atoms with E-state index in [1.165, 1.54) is 46.0 Å². The minimum Gasteiger partial charge on any atom is -0.477 e. The van der Waals surface area contributed by atoms with Gasteiger partial charge >= 0.3 is 5.97 Å². The van der Waals surface area contributed by atoms with Crippen molar-refractivity contribution in [2.45, 2.75) is 11.4 Å². The number of amides is 2. The lowest BCUT2D eigenvalue weighted by Crippen LogP contribution is -2.71. The second kappa shape index (κ2) is 11.0. The molecule has 0 saturated carbocycles. The molecule has 1 aromatic heterocycles. The highest BCUT2D eigenvalue weighted by Crippen LogP contribution is 2.41. The summed E-state index contributed by atoms with van der Waals surface area (Å²) in [6, 6.07) is 0.918. The Balaban J connectivity index is 1.76. The number of hydrogen-bond donors (Lipinski definition) is 3. The number of carboxylic acids is 1. The highest BCUT2D eigenvalue weighted by atomic mass is 32.2. The molecule has 2 amide bonds. The number of β-lactam (4-membered cyclic amide) rings is 1. The van der Waals surface area contributed by atoms with Crippen molar-refractivity contribution in [2.75, 3.05) is 23.8 Å². The van der Waals surface area contributed by atoms with E-state index in [-0.39, 0.29) is 28.8 Å². The number of thiazole rings is 1. The van der Waals surface area contributed by atoms with E-state index < -0.39 is 29.2 Å². The van der Waals surface area contributed by atoms with Crippen molar-refractivity contribution in [1.29, 1.82) is 5.26 Å². The lowest BCUT2D eigenvalue weighted by atomic mass is 10.0. The summed E-state index contributed by atoms with van der Waals surface area (Å²) in [4.78, 5) is 47.8. The Bertz CT molecular complexity index is 1110. The zero-order valence-corrected chi connectivity index (χ0v) is 19.4. The molecule has 14 heteroatoms. The summed E-state index contributed by atoms with van der Waals surface area (Å²) < 4.78 is 0. The van der Waals surface area contributed by atoms with E-state index in [4.69, 9.17) is 15.8 Å². The molecule has 1 fully saturated rings. The second-order valence-corrected chi connectivity index (χ2v) is 9.35. The van der Waals surface area contributed by atoms with Crippen molar-refractivity contribution in [3.8, 4) is 6.07 Å². The molecule has 3 heterocycles. The average molecular weight is 507 g/mol. The maximum absolute atomic E-state index is 12.9. The van der Waals surface area contributed by atoms with Crippen LogP contribution in [0.2, 0.25) is 0 Å². The Morgan fingerprint density at radius 2 is 2.36 bits per heavy atom. The van der Waals surface area contributed by atoms with Crippen LogP contribution in [0, 0.1) is 11.3 Å². The topological polar surface area (TPSA) is 171 Å². The van der Waals surface area contributed by atoms with Crippen LogP contribution in [0.25, 0.3) is 0 Å². The summed E-state index contributed by atoms with van der Waals surface area (Å²) >= 11 is 3.72. The Morgan fingerprint density at radius 3 is 3.00 bits per heavy atom. The van der Waals surface area contributed by atoms with Gasteiger partial charge in [-0.3, -0.25) is 14.5 Å². The van der Waals surface area contributed by atoms with Gasteiger partial charge in [-0.1, -0.05) is 17.8 Å². The number of aliphatic carboxylic acids is 1. The molecular formula is C19H18N6O5S3. The number of carboxylic acid groups (broad SMARTS) is 1. The van der Waals surface area contributed by atoms with Gasteiger partial charge < -0.3 is 21.0 Å². The molecule has 2 aliphatic heterocycles. The zero-order chi connectivity index (χ0) is 24.0. The number of nitrogens with one attached hydrogen (secondary N) is 1. The van der Waals surface area contributed by atoms with Crippen molar-refractivity contribution < 1.29 is 24.3 Å². The monoisotopic (exact) mass is 506 g/mol. The Hall–Kier alpha value is -3.28. The minimum absolute atomic E-state index is 0.0577. The van der Waals surface area contributed by atoms with Gasteiger partial charge in [-0.05, 0) is 11.0 Å². The minimum atomic E-state index is -1.23. The summed E-state index contributed by atoms with van der Waals surface area (Å²) in [6.45, 7) is 3.56. The summed E-state index contributed by atoms with van der Waals surface area (Å²) in [5.74, 6) is -1.79. The molecule has 0 radical (unpaired) electrons. The molecule has 1 unspecified atom stereocenters. The summed E-state index contributed by atoms with van der Waals surface area (Å²) in [7, 11) is 0. The number of oxime groups is 1. The smallest absolute Gasteiger partial charge is 0.352 e. The third kappa shape index (κ3) is 5.38. The van der Waals surface area contributed by atoms with Gasteiger partial charge in [0, 0.05) is 23.0 Å². The van der Waals surface area contributed by atoms with Gasteiger partial charge in [-0.2, -0.15) is 5.26 Å².